The number of benzene rings is 2. The molecule has 2 rings (SSSR count). The Morgan fingerprint density at radius 1 is 1.32 bits per heavy atom. The third kappa shape index (κ3) is 4.90. The zero-order valence-electron chi connectivity index (χ0n) is 13.2. The molecule has 0 spiro atoms. The molecule has 0 aromatic heterocycles. The van der Waals surface area contributed by atoms with Gasteiger partial charge in [0.2, 0.25) is 0 Å². The van der Waals surface area contributed by atoms with Gasteiger partial charge in [0.25, 0.3) is 5.91 Å². The first kappa shape index (κ1) is 18.7. The van der Waals surface area contributed by atoms with E-state index in [-0.39, 0.29) is 21.4 Å². The number of hydrogen-bond donors (Lipinski definition) is 2. The molecule has 0 aliphatic heterocycles. The quantitative estimate of drug-likeness (QED) is 0.587. The number of phenolic OH excluding ortho intramolecular Hbond substituents is 1. The van der Waals surface area contributed by atoms with Crippen LogP contribution in [0.3, 0.4) is 0 Å². The van der Waals surface area contributed by atoms with E-state index in [9.17, 15) is 15.2 Å². The van der Waals surface area contributed by atoms with Crippen LogP contribution in [0.2, 0.25) is 10.0 Å². The number of nitrogens with zero attached hydrogens (tertiary/aromatic N) is 1. The van der Waals surface area contributed by atoms with Gasteiger partial charge in [0.05, 0.1) is 16.7 Å². The first-order valence-corrected chi connectivity index (χ1v) is 8.04. The van der Waals surface area contributed by atoms with Crippen LogP contribution in [0.5, 0.6) is 11.5 Å². The van der Waals surface area contributed by atoms with Crippen LogP contribution < -0.4 is 10.1 Å². The van der Waals surface area contributed by atoms with Crippen molar-refractivity contribution in [2.75, 3.05) is 11.9 Å². The lowest BCUT2D eigenvalue weighted by molar-refractivity contribution is -0.112. The summed E-state index contributed by atoms with van der Waals surface area (Å²) in [7, 11) is 0. The summed E-state index contributed by atoms with van der Waals surface area (Å²) in [4.78, 5) is 12.3. The molecule has 5 nitrogen and oxygen atoms in total. The second-order valence-electron chi connectivity index (χ2n) is 4.92. The Bertz CT molecular complexity index is 850. The minimum atomic E-state index is -0.587. The zero-order chi connectivity index (χ0) is 18.4. The molecule has 0 aliphatic rings. The number of nitriles is 1. The molecule has 0 saturated heterocycles. The summed E-state index contributed by atoms with van der Waals surface area (Å²) in [6.45, 7) is 2.36. The van der Waals surface area contributed by atoms with E-state index < -0.39 is 5.91 Å². The Morgan fingerprint density at radius 2 is 2.00 bits per heavy atom. The average molecular weight is 377 g/mol. The molecule has 2 N–H and O–H groups in total. The minimum Gasteiger partial charge on any atom is -0.505 e. The van der Waals surface area contributed by atoms with Crippen LogP contribution in [0, 0.1) is 11.3 Å². The van der Waals surface area contributed by atoms with E-state index in [0.29, 0.717) is 23.6 Å². The molecule has 0 radical (unpaired) electrons. The Balaban J connectivity index is 2.24. The van der Waals surface area contributed by atoms with E-state index in [2.05, 4.69) is 5.32 Å². The Kier molecular flexibility index (Phi) is 6.29. The molecule has 7 heteroatoms. The van der Waals surface area contributed by atoms with Gasteiger partial charge in [0, 0.05) is 11.8 Å². The summed E-state index contributed by atoms with van der Waals surface area (Å²) >= 11 is 11.7. The van der Waals surface area contributed by atoms with E-state index in [1.54, 1.807) is 24.3 Å². The van der Waals surface area contributed by atoms with Crippen LogP contribution in [0.4, 0.5) is 5.69 Å². The van der Waals surface area contributed by atoms with Gasteiger partial charge in [-0.3, -0.25) is 4.79 Å². The Hall–Kier alpha value is -2.68. The molecule has 0 aliphatic carbocycles. The topological polar surface area (TPSA) is 82.3 Å². The molecule has 0 atom stereocenters. The van der Waals surface area contributed by atoms with Crippen LogP contribution in [-0.2, 0) is 4.79 Å². The molecule has 0 fully saturated rings. The highest BCUT2D eigenvalue weighted by molar-refractivity contribution is 6.37. The molecule has 0 saturated carbocycles. The van der Waals surface area contributed by atoms with Crippen LogP contribution in [0.1, 0.15) is 12.5 Å². The Morgan fingerprint density at radius 3 is 2.60 bits per heavy atom. The molecule has 1 amide bonds. The lowest BCUT2D eigenvalue weighted by atomic mass is 10.1. The summed E-state index contributed by atoms with van der Waals surface area (Å²) in [5, 5.41) is 21.5. The number of phenols is 1. The number of carbonyl (C=O) groups is 1. The highest BCUT2D eigenvalue weighted by atomic mass is 35.5. The highest BCUT2D eigenvalue weighted by Gasteiger charge is 2.12. The van der Waals surface area contributed by atoms with E-state index >= 15 is 0 Å². The van der Waals surface area contributed by atoms with Crippen LogP contribution in [0.25, 0.3) is 6.08 Å². The lowest BCUT2D eigenvalue weighted by Crippen LogP contribution is -2.13. The third-order valence-corrected chi connectivity index (χ3v) is 3.69. The van der Waals surface area contributed by atoms with Gasteiger partial charge in [-0.25, -0.2) is 0 Å². The minimum absolute atomic E-state index is 0.0286. The summed E-state index contributed by atoms with van der Waals surface area (Å²) in [5.41, 5.74) is 0.779. The second-order valence-corrected chi connectivity index (χ2v) is 5.73. The van der Waals surface area contributed by atoms with Gasteiger partial charge in [-0.15, -0.1) is 0 Å². The maximum absolute atomic E-state index is 12.3. The number of halogens is 2. The van der Waals surface area contributed by atoms with Crippen molar-refractivity contribution in [2.45, 2.75) is 6.92 Å². The lowest BCUT2D eigenvalue weighted by Gasteiger charge is -2.08. The van der Waals surface area contributed by atoms with Crippen LogP contribution in [0.15, 0.2) is 42.0 Å². The van der Waals surface area contributed by atoms with Crippen molar-refractivity contribution >= 4 is 40.9 Å². The monoisotopic (exact) mass is 376 g/mol. The van der Waals surface area contributed by atoms with E-state index in [1.165, 1.54) is 18.2 Å². The zero-order valence-corrected chi connectivity index (χ0v) is 14.7. The summed E-state index contributed by atoms with van der Waals surface area (Å²) < 4.78 is 5.36. The number of amides is 1. The molecule has 128 valence electrons. The molecule has 2 aromatic carbocycles. The first-order valence-electron chi connectivity index (χ1n) is 7.28. The van der Waals surface area contributed by atoms with Gasteiger partial charge in [0.1, 0.15) is 17.4 Å². The maximum atomic E-state index is 12.3. The van der Waals surface area contributed by atoms with Gasteiger partial charge in [-0.05, 0) is 42.8 Å². The predicted octanol–water partition coefficient (Wildman–Crippen LogP) is 4.64. The van der Waals surface area contributed by atoms with Crippen LogP contribution in [-0.4, -0.2) is 17.6 Å². The molecule has 2 aromatic rings. The van der Waals surface area contributed by atoms with Crippen molar-refractivity contribution in [3.63, 3.8) is 0 Å². The molecule has 0 bridgehead atoms. The van der Waals surface area contributed by atoms with Crippen molar-refractivity contribution in [1.82, 2.24) is 0 Å². The second kappa shape index (κ2) is 8.43. The van der Waals surface area contributed by atoms with Gasteiger partial charge in [-0.1, -0.05) is 29.3 Å². The molecule has 0 heterocycles. The molecule has 25 heavy (non-hydrogen) atoms. The predicted molar refractivity (Wildman–Crippen MR) is 98.0 cm³/mol. The number of anilines is 1. The molecular formula is C18H14Cl2N2O3. The number of aromatic hydroxyl groups is 1. The smallest absolute Gasteiger partial charge is 0.266 e. The van der Waals surface area contributed by atoms with Gasteiger partial charge < -0.3 is 15.2 Å². The maximum Gasteiger partial charge on any atom is 0.266 e. The van der Waals surface area contributed by atoms with Gasteiger partial charge >= 0.3 is 0 Å². The van der Waals surface area contributed by atoms with Crippen molar-refractivity contribution in [2.24, 2.45) is 0 Å². The fourth-order valence-corrected chi connectivity index (χ4v) is 2.52. The first-order chi connectivity index (χ1) is 11.9. The summed E-state index contributed by atoms with van der Waals surface area (Å²) in [6.07, 6.45) is 1.33. The standard InChI is InChI=1S/C18H14Cl2N2O3/c1-2-25-14-5-3-4-13(9-14)22-18(24)12(10-21)6-11-7-15(19)17(23)16(20)8-11/h3-9,23H,2H2,1H3,(H,22,24)/b12-6-. The van der Waals surface area contributed by atoms with E-state index in [0.717, 1.165) is 0 Å². The number of rotatable bonds is 5. The fraction of sp³-hybridized carbons (Fsp3) is 0.111. The highest BCUT2D eigenvalue weighted by Crippen LogP contribution is 2.33. The third-order valence-electron chi connectivity index (χ3n) is 3.12. The van der Waals surface area contributed by atoms with Crippen molar-refractivity contribution < 1.29 is 14.6 Å². The summed E-state index contributed by atoms with van der Waals surface area (Å²) in [6, 6.07) is 11.5. The average Bonchev–Trinajstić information content (AvgIpc) is 2.58. The Labute approximate surface area is 155 Å². The van der Waals surface area contributed by atoms with Gasteiger partial charge in [-0.2, -0.15) is 5.26 Å². The number of ether oxygens (including phenoxy) is 1. The number of carbonyl (C=O) groups excluding carboxylic acids is 1. The SMILES string of the molecule is CCOc1cccc(NC(=O)/C(C#N)=C\c2cc(Cl)c(O)c(Cl)c2)c1. The number of hydrogen-bond acceptors (Lipinski definition) is 4. The van der Waals surface area contributed by atoms with Crippen LogP contribution >= 0.6 is 23.2 Å². The van der Waals surface area contributed by atoms with Gasteiger partial charge in [0.15, 0.2) is 5.75 Å². The normalized spacial score (nSPS) is 10.9. The summed E-state index contributed by atoms with van der Waals surface area (Å²) in [5.74, 6) is -0.229. The fourth-order valence-electron chi connectivity index (χ4n) is 2.01. The van der Waals surface area contributed by atoms with Crippen molar-refractivity contribution in [3.8, 4) is 17.6 Å². The van der Waals surface area contributed by atoms with E-state index in [4.69, 9.17) is 27.9 Å². The van der Waals surface area contributed by atoms with Crippen molar-refractivity contribution in [1.29, 1.82) is 5.26 Å². The number of nitrogens with one attached hydrogen (secondary N) is 1. The molecular weight excluding hydrogens is 363 g/mol. The largest absolute Gasteiger partial charge is 0.505 e. The van der Waals surface area contributed by atoms with Crippen molar-refractivity contribution in [3.05, 3.63) is 57.6 Å². The van der Waals surface area contributed by atoms with E-state index in [1.807, 2.05) is 13.0 Å². The molecule has 0 unspecified atom stereocenters.